The molecule has 3 aromatic heterocycles. The number of aromatic amines is 1. The largest absolute Gasteiger partial charge is 0.478 e. The molecule has 3 aromatic rings. The zero-order valence-electron chi connectivity index (χ0n) is 13.1. The molecule has 0 atom stereocenters. The van der Waals surface area contributed by atoms with Gasteiger partial charge in [-0.3, -0.25) is 9.78 Å². The molecule has 3 heterocycles. The van der Waals surface area contributed by atoms with E-state index >= 15 is 0 Å². The highest BCUT2D eigenvalue weighted by Crippen LogP contribution is 2.21. The topological polar surface area (TPSA) is 96.7 Å². The molecule has 23 heavy (non-hydrogen) atoms. The number of aromatic carboxylic acids is 1. The Kier molecular flexibility index (Phi) is 3.69. The van der Waals surface area contributed by atoms with Gasteiger partial charge in [-0.2, -0.15) is 10.2 Å². The van der Waals surface area contributed by atoms with Crippen LogP contribution in [0.3, 0.4) is 0 Å². The molecule has 0 saturated heterocycles. The standard InChI is InChI=1S/C16H17N5O2/c1-9(2)21-12(6-7-17-21)5-4-11-8-13(16(22)23)14-10(3)19-20-15(14)18-11/h4-9H,1-3H3,(H,22,23)(H,18,19,20)/b5-4+. The number of rotatable bonds is 4. The van der Waals surface area contributed by atoms with Gasteiger partial charge in [0.2, 0.25) is 0 Å². The lowest BCUT2D eigenvalue weighted by Crippen LogP contribution is -2.04. The van der Waals surface area contributed by atoms with Gasteiger partial charge in [0.05, 0.1) is 22.3 Å². The van der Waals surface area contributed by atoms with Crippen LogP contribution in [0.2, 0.25) is 0 Å². The molecule has 0 spiro atoms. The Morgan fingerprint density at radius 2 is 2.17 bits per heavy atom. The van der Waals surface area contributed by atoms with Gasteiger partial charge in [0.15, 0.2) is 5.65 Å². The average molecular weight is 311 g/mol. The van der Waals surface area contributed by atoms with Crippen molar-refractivity contribution >= 4 is 29.2 Å². The summed E-state index contributed by atoms with van der Waals surface area (Å²) in [6.07, 6.45) is 5.37. The number of hydrogen-bond donors (Lipinski definition) is 2. The minimum atomic E-state index is -0.997. The van der Waals surface area contributed by atoms with E-state index in [4.69, 9.17) is 0 Å². The number of pyridine rings is 1. The van der Waals surface area contributed by atoms with Crippen LogP contribution in [0.1, 0.15) is 47.3 Å². The second-order valence-corrected chi connectivity index (χ2v) is 5.57. The van der Waals surface area contributed by atoms with Gasteiger partial charge in [-0.05, 0) is 45.1 Å². The number of fused-ring (bicyclic) bond motifs is 1. The molecule has 0 fully saturated rings. The van der Waals surface area contributed by atoms with Gasteiger partial charge in [0.1, 0.15) is 0 Å². The molecule has 0 unspecified atom stereocenters. The molecule has 118 valence electrons. The number of aryl methyl sites for hydroxylation is 1. The van der Waals surface area contributed by atoms with Crippen molar-refractivity contribution < 1.29 is 9.90 Å². The lowest BCUT2D eigenvalue weighted by molar-refractivity contribution is 0.0699. The molecule has 0 saturated carbocycles. The third-order valence-electron chi connectivity index (χ3n) is 3.57. The molecule has 0 amide bonds. The van der Waals surface area contributed by atoms with Gasteiger partial charge in [-0.15, -0.1) is 0 Å². The van der Waals surface area contributed by atoms with Crippen LogP contribution < -0.4 is 0 Å². The highest BCUT2D eigenvalue weighted by Gasteiger charge is 2.15. The van der Waals surface area contributed by atoms with Gasteiger partial charge >= 0.3 is 5.97 Å². The number of carboxylic acids is 1. The van der Waals surface area contributed by atoms with Crippen LogP contribution in [0.5, 0.6) is 0 Å². The summed E-state index contributed by atoms with van der Waals surface area (Å²) in [6, 6.07) is 3.69. The molecule has 0 aliphatic heterocycles. The Morgan fingerprint density at radius 1 is 1.39 bits per heavy atom. The second kappa shape index (κ2) is 5.68. The molecule has 7 nitrogen and oxygen atoms in total. The van der Waals surface area contributed by atoms with Gasteiger partial charge in [-0.1, -0.05) is 0 Å². The fourth-order valence-corrected chi connectivity index (χ4v) is 2.51. The van der Waals surface area contributed by atoms with Crippen LogP contribution in [-0.2, 0) is 0 Å². The van der Waals surface area contributed by atoms with Crippen LogP contribution in [0.15, 0.2) is 18.3 Å². The monoisotopic (exact) mass is 311 g/mol. The van der Waals surface area contributed by atoms with E-state index in [1.807, 2.05) is 30.7 Å². The molecular weight excluding hydrogens is 294 g/mol. The van der Waals surface area contributed by atoms with E-state index in [-0.39, 0.29) is 11.6 Å². The summed E-state index contributed by atoms with van der Waals surface area (Å²) in [5.74, 6) is -0.997. The molecule has 0 aliphatic carbocycles. The number of nitrogens with zero attached hydrogens (tertiary/aromatic N) is 4. The van der Waals surface area contributed by atoms with Crippen LogP contribution in [0, 0.1) is 6.92 Å². The maximum atomic E-state index is 11.5. The van der Waals surface area contributed by atoms with Crippen molar-refractivity contribution in [2.24, 2.45) is 0 Å². The highest BCUT2D eigenvalue weighted by atomic mass is 16.4. The van der Waals surface area contributed by atoms with E-state index in [2.05, 4.69) is 20.3 Å². The smallest absolute Gasteiger partial charge is 0.336 e. The van der Waals surface area contributed by atoms with Crippen molar-refractivity contribution in [3.63, 3.8) is 0 Å². The fraction of sp³-hybridized carbons (Fsp3) is 0.250. The summed E-state index contributed by atoms with van der Waals surface area (Å²) in [7, 11) is 0. The minimum Gasteiger partial charge on any atom is -0.478 e. The molecular formula is C16H17N5O2. The van der Waals surface area contributed by atoms with Crippen molar-refractivity contribution in [2.45, 2.75) is 26.8 Å². The van der Waals surface area contributed by atoms with E-state index in [1.54, 1.807) is 25.3 Å². The summed E-state index contributed by atoms with van der Waals surface area (Å²) in [5, 5.41) is 21.1. The number of H-pyrrole nitrogens is 1. The Labute approximate surface area is 132 Å². The first-order valence-corrected chi connectivity index (χ1v) is 7.28. The molecule has 3 rings (SSSR count). The normalized spacial score (nSPS) is 11.8. The van der Waals surface area contributed by atoms with Gasteiger partial charge < -0.3 is 5.11 Å². The van der Waals surface area contributed by atoms with Crippen molar-refractivity contribution in [3.8, 4) is 0 Å². The Bertz CT molecular complexity index is 904. The lowest BCUT2D eigenvalue weighted by atomic mass is 10.1. The fourth-order valence-electron chi connectivity index (χ4n) is 2.51. The molecule has 0 radical (unpaired) electrons. The Balaban J connectivity index is 2.05. The number of nitrogens with one attached hydrogen (secondary N) is 1. The van der Waals surface area contributed by atoms with Crippen molar-refractivity contribution in [1.29, 1.82) is 0 Å². The quantitative estimate of drug-likeness (QED) is 0.772. The predicted octanol–water partition coefficient (Wildman–Crippen LogP) is 2.91. The van der Waals surface area contributed by atoms with Crippen molar-refractivity contribution in [1.82, 2.24) is 25.0 Å². The predicted molar refractivity (Wildman–Crippen MR) is 87.1 cm³/mol. The van der Waals surface area contributed by atoms with Crippen molar-refractivity contribution in [3.05, 3.63) is 41.0 Å². The zero-order valence-corrected chi connectivity index (χ0v) is 13.1. The number of aromatic nitrogens is 5. The van der Waals surface area contributed by atoms with Crippen LogP contribution in [0.25, 0.3) is 23.2 Å². The minimum absolute atomic E-state index is 0.193. The first-order chi connectivity index (χ1) is 11.0. The summed E-state index contributed by atoms with van der Waals surface area (Å²) in [4.78, 5) is 15.9. The van der Waals surface area contributed by atoms with E-state index in [9.17, 15) is 9.90 Å². The first-order valence-electron chi connectivity index (χ1n) is 7.28. The van der Waals surface area contributed by atoms with E-state index in [1.165, 1.54) is 0 Å². The Hall–Kier alpha value is -2.96. The molecule has 0 aliphatic rings. The second-order valence-electron chi connectivity index (χ2n) is 5.57. The zero-order chi connectivity index (χ0) is 16.6. The number of carboxylic acid groups (broad SMARTS) is 1. The molecule has 7 heteroatoms. The highest BCUT2D eigenvalue weighted by molar-refractivity contribution is 6.03. The molecule has 0 aromatic carbocycles. The van der Waals surface area contributed by atoms with Gasteiger partial charge in [0, 0.05) is 17.9 Å². The van der Waals surface area contributed by atoms with Gasteiger partial charge in [0.25, 0.3) is 0 Å². The van der Waals surface area contributed by atoms with E-state index < -0.39 is 5.97 Å². The third-order valence-corrected chi connectivity index (χ3v) is 3.57. The lowest BCUT2D eigenvalue weighted by Gasteiger charge is -2.07. The van der Waals surface area contributed by atoms with E-state index in [0.717, 1.165) is 5.69 Å². The number of hydrogen-bond acceptors (Lipinski definition) is 4. The summed E-state index contributed by atoms with van der Waals surface area (Å²) in [6.45, 7) is 5.87. The Morgan fingerprint density at radius 3 is 2.87 bits per heavy atom. The molecule has 2 N–H and O–H groups in total. The summed E-state index contributed by atoms with van der Waals surface area (Å²) in [5.41, 5.74) is 2.76. The first kappa shape index (κ1) is 15.0. The van der Waals surface area contributed by atoms with Crippen LogP contribution in [-0.4, -0.2) is 36.0 Å². The maximum absolute atomic E-state index is 11.5. The van der Waals surface area contributed by atoms with Gasteiger partial charge in [-0.25, -0.2) is 9.78 Å². The maximum Gasteiger partial charge on any atom is 0.336 e. The summed E-state index contributed by atoms with van der Waals surface area (Å²) >= 11 is 0. The van der Waals surface area contributed by atoms with E-state index in [0.29, 0.717) is 22.4 Å². The third kappa shape index (κ3) is 2.73. The van der Waals surface area contributed by atoms with Crippen LogP contribution in [0.4, 0.5) is 0 Å². The summed E-state index contributed by atoms with van der Waals surface area (Å²) < 4.78 is 1.88. The molecule has 0 bridgehead atoms. The van der Waals surface area contributed by atoms with Crippen molar-refractivity contribution in [2.75, 3.05) is 0 Å². The SMILES string of the molecule is Cc1[nH]nc2nc(/C=C/c3ccnn3C(C)C)cc(C(=O)O)c12. The average Bonchev–Trinajstić information content (AvgIpc) is 3.11. The van der Waals surface area contributed by atoms with Crippen LogP contribution >= 0.6 is 0 Å². The number of carbonyl (C=O) groups is 1.